The molecule has 1 N–H and O–H groups in total. The van der Waals surface area contributed by atoms with Gasteiger partial charge in [-0.05, 0) is 19.3 Å². The normalized spacial score (nSPS) is 25.4. The minimum absolute atomic E-state index is 0.209. The summed E-state index contributed by atoms with van der Waals surface area (Å²) in [5, 5.41) is 9.91. The van der Waals surface area contributed by atoms with Crippen molar-refractivity contribution in [3.05, 3.63) is 17.8 Å². The Morgan fingerprint density at radius 1 is 1.31 bits per heavy atom. The third-order valence-corrected chi connectivity index (χ3v) is 3.36. The Labute approximate surface area is 97.1 Å². The minimum atomic E-state index is -0.209. The summed E-state index contributed by atoms with van der Waals surface area (Å²) >= 11 is 5.93. The van der Waals surface area contributed by atoms with Gasteiger partial charge in [0.05, 0.1) is 12.4 Å². The fraction of sp³-hybridized carbons (Fsp3) is 0.500. The van der Waals surface area contributed by atoms with E-state index in [0.29, 0.717) is 10.7 Å². The van der Waals surface area contributed by atoms with Crippen molar-refractivity contribution in [3.63, 3.8) is 0 Å². The van der Waals surface area contributed by atoms with Gasteiger partial charge in [0, 0.05) is 6.04 Å². The van der Waals surface area contributed by atoms with Gasteiger partial charge in [0.25, 0.3) is 0 Å². The number of hydrogen-bond acceptors (Lipinski definition) is 4. The zero-order valence-electron chi connectivity index (χ0n) is 8.54. The van der Waals surface area contributed by atoms with E-state index in [1.54, 1.807) is 6.33 Å². The lowest BCUT2D eigenvalue weighted by molar-refractivity contribution is 0.178. The van der Waals surface area contributed by atoms with Crippen molar-refractivity contribution in [2.45, 2.75) is 31.4 Å². The number of fused-ring (bicyclic) bond motifs is 1. The maximum atomic E-state index is 9.53. The number of aromatic nitrogens is 4. The average molecular weight is 239 g/mol. The molecule has 84 valence electrons. The van der Waals surface area contributed by atoms with Crippen LogP contribution in [0.3, 0.4) is 0 Å². The number of imidazole rings is 1. The minimum Gasteiger partial charge on any atom is -0.393 e. The predicted molar refractivity (Wildman–Crippen MR) is 59.2 cm³/mol. The van der Waals surface area contributed by atoms with Gasteiger partial charge in [-0.15, -0.1) is 0 Å². The molecular formula is C10H11ClN4O. The molecule has 1 fully saturated rings. The van der Waals surface area contributed by atoms with Gasteiger partial charge in [-0.1, -0.05) is 11.6 Å². The average Bonchev–Trinajstić information content (AvgIpc) is 2.84. The van der Waals surface area contributed by atoms with Gasteiger partial charge in [-0.3, -0.25) is 0 Å². The smallest absolute Gasteiger partial charge is 0.165 e. The summed E-state index contributed by atoms with van der Waals surface area (Å²) in [5.74, 6) is 0. The van der Waals surface area contributed by atoms with Crippen molar-refractivity contribution in [2.24, 2.45) is 0 Å². The number of aliphatic hydroxyl groups excluding tert-OH is 1. The zero-order chi connectivity index (χ0) is 11.1. The lowest BCUT2D eigenvalue weighted by Gasteiger charge is -2.11. The van der Waals surface area contributed by atoms with Crippen LogP contribution >= 0.6 is 11.6 Å². The molecule has 2 aromatic rings. The summed E-state index contributed by atoms with van der Waals surface area (Å²) in [6, 6.07) is 0.269. The van der Waals surface area contributed by atoms with E-state index < -0.39 is 0 Å². The zero-order valence-corrected chi connectivity index (χ0v) is 9.30. The van der Waals surface area contributed by atoms with Crippen LogP contribution in [0.2, 0.25) is 5.15 Å². The number of hydrogen-bond donors (Lipinski definition) is 1. The lowest BCUT2D eigenvalue weighted by atomic mass is 10.2. The van der Waals surface area contributed by atoms with Gasteiger partial charge in [-0.2, -0.15) is 0 Å². The van der Waals surface area contributed by atoms with Gasteiger partial charge in [0.2, 0.25) is 0 Å². The largest absolute Gasteiger partial charge is 0.393 e. The summed E-state index contributed by atoms with van der Waals surface area (Å²) in [6.45, 7) is 0. The molecule has 16 heavy (non-hydrogen) atoms. The fourth-order valence-corrected chi connectivity index (χ4v) is 2.45. The van der Waals surface area contributed by atoms with Crippen LogP contribution in [0.1, 0.15) is 25.3 Å². The molecule has 5 nitrogen and oxygen atoms in total. The molecule has 2 unspecified atom stereocenters. The molecule has 0 aliphatic heterocycles. The van der Waals surface area contributed by atoms with Crippen molar-refractivity contribution in [3.8, 4) is 0 Å². The Balaban J connectivity index is 2.08. The van der Waals surface area contributed by atoms with Gasteiger partial charge >= 0.3 is 0 Å². The van der Waals surface area contributed by atoms with Crippen molar-refractivity contribution in [1.29, 1.82) is 0 Å². The highest BCUT2D eigenvalue weighted by molar-refractivity contribution is 6.33. The van der Waals surface area contributed by atoms with Crippen molar-refractivity contribution >= 4 is 22.8 Å². The molecule has 2 heterocycles. The highest BCUT2D eigenvalue weighted by atomic mass is 35.5. The topological polar surface area (TPSA) is 63.8 Å². The second-order valence-corrected chi connectivity index (χ2v) is 4.47. The molecule has 0 saturated heterocycles. The van der Waals surface area contributed by atoms with E-state index in [1.807, 2.05) is 4.57 Å². The Hall–Kier alpha value is -1.20. The molecule has 0 spiro atoms. The standard InChI is InChI=1S/C10H11ClN4O/c11-9-8-10(13-4-12-9)15(5-14-8)6-1-2-7(16)3-6/h4-7,16H,1-3H2. The molecule has 1 saturated carbocycles. The second-order valence-electron chi connectivity index (χ2n) is 4.11. The summed E-state index contributed by atoms with van der Waals surface area (Å²) in [4.78, 5) is 12.3. The maximum absolute atomic E-state index is 9.53. The molecule has 1 aliphatic carbocycles. The number of aliphatic hydroxyl groups is 1. The van der Waals surface area contributed by atoms with E-state index >= 15 is 0 Å². The van der Waals surface area contributed by atoms with E-state index in [0.717, 1.165) is 24.9 Å². The first kappa shape index (κ1) is 9.99. The van der Waals surface area contributed by atoms with E-state index in [2.05, 4.69) is 15.0 Å². The van der Waals surface area contributed by atoms with Crippen LogP contribution in [0.25, 0.3) is 11.2 Å². The number of halogens is 1. The highest BCUT2D eigenvalue weighted by Gasteiger charge is 2.25. The van der Waals surface area contributed by atoms with Gasteiger partial charge in [-0.25, -0.2) is 15.0 Å². The number of rotatable bonds is 1. The van der Waals surface area contributed by atoms with Gasteiger partial charge in [0.15, 0.2) is 10.8 Å². The first-order valence-corrected chi connectivity index (χ1v) is 5.64. The Morgan fingerprint density at radius 2 is 2.19 bits per heavy atom. The van der Waals surface area contributed by atoms with Crippen LogP contribution in [0, 0.1) is 0 Å². The predicted octanol–water partition coefficient (Wildman–Crippen LogP) is 1.57. The molecule has 1 aliphatic rings. The van der Waals surface area contributed by atoms with Crippen molar-refractivity contribution < 1.29 is 5.11 Å². The Bertz CT molecular complexity index is 527. The molecule has 2 atom stereocenters. The lowest BCUT2D eigenvalue weighted by Crippen LogP contribution is -2.06. The van der Waals surface area contributed by atoms with Crippen LogP contribution in [0.15, 0.2) is 12.7 Å². The maximum Gasteiger partial charge on any atom is 0.165 e. The molecule has 0 radical (unpaired) electrons. The molecule has 0 amide bonds. The van der Waals surface area contributed by atoms with Crippen LogP contribution in [-0.4, -0.2) is 30.7 Å². The quantitative estimate of drug-likeness (QED) is 0.766. The Kier molecular flexibility index (Phi) is 2.29. The first-order valence-electron chi connectivity index (χ1n) is 5.27. The van der Waals surface area contributed by atoms with Crippen molar-refractivity contribution in [2.75, 3.05) is 0 Å². The van der Waals surface area contributed by atoms with Gasteiger partial charge in [0.1, 0.15) is 11.8 Å². The van der Waals surface area contributed by atoms with E-state index in [9.17, 15) is 5.11 Å². The Morgan fingerprint density at radius 3 is 2.94 bits per heavy atom. The van der Waals surface area contributed by atoms with Crippen molar-refractivity contribution in [1.82, 2.24) is 19.5 Å². The molecular weight excluding hydrogens is 228 g/mol. The monoisotopic (exact) mass is 238 g/mol. The van der Waals surface area contributed by atoms with Gasteiger partial charge < -0.3 is 9.67 Å². The molecule has 6 heteroatoms. The third-order valence-electron chi connectivity index (χ3n) is 3.08. The first-order chi connectivity index (χ1) is 7.75. The van der Waals surface area contributed by atoms with Crippen LogP contribution in [0.5, 0.6) is 0 Å². The molecule has 3 rings (SSSR count). The number of nitrogens with zero attached hydrogens (tertiary/aromatic N) is 4. The van der Waals surface area contributed by atoms with E-state index in [1.165, 1.54) is 6.33 Å². The fourth-order valence-electron chi connectivity index (χ4n) is 2.28. The van der Waals surface area contributed by atoms with Crippen LogP contribution in [-0.2, 0) is 0 Å². The molecule has 0 bridgehead atoms. The summed E-state index contributed by atoms with van der Waals surface area (Å²) in [7, 11) is 0. The van der Waals surface area contributed by atoms with E-state index in [4.69, 9.17) is 11.6 Å². The van der Waals surface area contributed by atoms with Crippen LogP contribution < -0.4 is 0 Å². The summed E-state index contributed by atoms with van der Waals surface area (Å²) in [5.41, 5.74) is 1.38. The van der Waals surface area contributed by atoms with E-state index in [-0.39, 0.29) is 12.1 Å². The summed E-state index contributed by atoms with van der Waals surface area (Å²) in [6.07, 6.45) is 5.51. The molecule has 0 aromatic carbocycles. The SMILES string of the molecule is OC1CCC(n2cnc3c(Cl)ncnc32)C1. The second kappa shape index (κ2) is 3.68. The molecule has 2 aromatic heterocycles. The highest BCUT2D eigenvalue weighted by Crippen LogP contribution is 2.32. The van der Waals surface area contributed by atoms with Crippen LogP contribution in [0.4, 0.5) is 0 Å². The third kappa shape index (κ3) is 1.47. The summed E-state index contributed by atoms with van der Waals surface area (Å²) < 4.78 is 1.99.